The van der Waals surface area contributed by atoms with Crippen LogP contribution in [0.25, 0.3) is 0 Å². The van der Waals surface area contributed by atoms with Gasteiger partial charge in [-0.15, -0.1) is 0 Å². The Kier molecular flexibility index (Phi) is 6.46. The van der Waals surface area contributed by atoms with Gasteiger partial charge in [-0.05, 0) is 31.7 Å². The van der Waals surface area contributed by atoms with E-state index in [1.807, 2.05) is 6.07 Å². The van der Waals surface area contributed by atoms with Crippen LogP contribution in [0.4, 0.5) is 0 Å². The normalized spacial score (nSPS) is 18.2. The smallest absolute Gasteiger partial charge is 0.165 e. The highest BCUT2D eigenvalue weighted by Crippen LogP contribution is 2.36. The summed E-state index contributed by atoms with van der Waals surface area (Å²) < 4.78 is 16.8. The Morgan fingerprint density at radius 3 is 2.95 bits per heavy atom. The minimum atomic E-state index is 0.418. The third-order valence-corrected chi connectivity index (χ3v) is 4.22. The highest BCUT2D eigenvalue weighted by Gasteiger charge is 2.16. The van der Waals surface area contributed by atoms with Gasteiger partial charge in [-0.25, -0.2) is 0 Å². The van der Waals surface area contributed by atoms with Crippen LogP contribution in [0.2, 0.25) is 5.02 Å². The van der Waals surface area contributed by atoms with Gasteiger partial charge in [-0.2, -0.15) is 0 Å². The standard InChI is InChI=1S/C15H20BrClO3/c1-18-14-9-12(17)8-11(10-16)15(14)20-7-3-5-13-4-2-6-19-13/h8-9,13H,2-7,10H2,1H3. The summed E-state index contributed by atoms with van der Waals surface area (Å²) in [4.78, 5) is 0. The Hall–Kier alpha value is -0.450. The molecule has 1 aromatic carbocycles. The first-order valence-corrected chi connectivity index (χ1v) is 8.41. The third kappa shape index (κ3) is 4.27. The zero-order valence-corrected chi connectivity index (χ0v) is 14.0. The number of alkyl halides is 1. The first-order valence-electron chi connectivity index (χ1n) is 6.91. The molecular weight excluding hydrogens is 344 g/mol. The van der Waals surface area contributed by atoms with Crippen LogP contribution < -0.4 is 9.47 Å². The number of ether oxygens (including phenoxy) is 3. The fourth-order valence-electron chi connectivity index (χ4n) is 2.39. The van der Waals surface area contributed by atoms with Crippen molar-refractivity contribution in [1.29, 1.82) is 0 Å². The highest BCUT2D eigenvalue weighted by atomic mass is 79.9. The number of hydrogen-bond donors (Lipinski definition) is 0. The predicted molar refractivity (Wildman–Crippen MR) is 84.3 cm³/mol. The Bertz CT molecular complexity index is 408. The minimum Gasteiger partial charge on any atom is -0.493 e. The second-order valence-electron chi connectivity index (χ2n) is 4.86. The van der Waals surface area contributed by atoms with Crippen molar-refractivity contribution in [1.82, 2.24) is 0 Å². The number of hydrogen-bond acceptors (Lipinski definition) is 3. The minimum absolute atomic E-state index is 0.418. The Balaban J connectivity index is 1.90. The lowest BCUT2D eigenvalue weighted by Gasteiger charge is -2.15. The van der Waals surface area contributed by atoms with Crippen LogP contribution in [0.15, 0.2) is 12.1 Å². The summed E-state index contributed by atoms with van der Waals surface area (Å²) in [6, 6.07) is 3.68. The number of rotatable bonds is 7. The molecule has 5 heteroatoms. The van der Waals surface area contributed by atoms with E-state index in [4.69, 9.17) is 25.8 Å². The summed E-state index contributed by atoms with van der Waals surface area (Å²) in [6.07, 6.45) is 4.82. The van der Waals surface area contributed by atoms with Crippen molar-refractivity contribution in [3.63, 3.8) is 0 Å². The summed E-state index contributed by atoms with van der Waals surface area (Å²) in [5.41, 5.74) is 1.01. The summed E-state index contributed by atoms with van der Waals surface area (Å²) in [5, 5.41) is 1.34. The van der Waals surface area contributed by atoms with Gasteiger partial charge in [0, 0.05) is 28.6 Å². The largest absolute Gasteiger partial charge is 0.493 e. The molecule has 1 aliphatic heterocycles. The number of benzene rings is 1. The molecule has 0 amide bonds. The monoisotopic (exact) mass is 362 g/mol. The van der Waals surface area contributed by atoms with Gasteiger partial charge in [0.25, 0.3) is 0 Å². The zero-order valence-electron chi connectivity index (χ0n) is 11.7. The fraction of sp³-hybridized carbons (Fsp3) is 0.600. The molecule has 1 heterocycles. The quantitative estimate of drug-likeness (QED) is 0.524. The van der Waals surface area contributed by atoms with Crippen molar-refractivity contribution in [2.24, 2.45) is 0 Å². The van der Waals surface area contributed by atoms with E-state index in [1.54, 1.807) is 13.2 Å². The lowest BCUT2D eigenvalue weighted by molar-refractivity contribution is 0.0979. The molecule has 0 spiro atoms. The van der Waals surface area contributed by atoms with Gasteiger partial charge in [-0.3, -0.25) is 0 Å². The van der Waals surface area contributed by atoms with Crippen LogP contribution in [-0.2, 0) is 10.1 Å². The van der Waals surface area contributed by atoms with Crippen molar-refractivity contribution in [3.8, 4) is 11.5 Å². The van der Waals surface area contributed by atoms with Crippen molar-refractivity contribution >= 4 is 27.5 Å². The molecule has 1 aliphatic rings. The van der Waals surface area contributed by atoms with E-state index >= 15 is 0 Å². The summed E-state index contributed by atoms with van der Waals surface area (Å²) in [5.74, 6) is 1.46. The molecule has 1 aromatic rings. The van der Waals surface area contributed by atoms with Crippen molar-refractivity contribution in [3.05, 3.63) is 22.7 Å². The van der Waals surface area contributed by atoms with E-state index in [0.717, 1.165) is 30.8 Å². The van der Waals surface area contributed by atoms with E-state index in [0.29, 0.717) is 28.8 Å². The van der Waals surface area contributed by atoms with Crippen molar-refractivity contribution in [2.75, 3.05) is 20.3 Å². The Labute approximate surface area is 133 Å². The van der Waals surface area contributed by atoms with Crippen LogP contribution in [0.1, 0.15) is 31.2 Å². The molecule has 1 atom stereocenters. The topological polar surface area (TPSA) is 27.7 Å². The van der Waals surface area contributed by atoms with Gasteiger partial charge in [-0.1, -0.05) is 27.5 Å². The van der Waals surface area contributed by atoms with Gasteiger partial charge < -0.3 is 14.2 Å². The van der Waals surface area contributed by atoms with E-state index < -0.39 is 0 Å². The first kappa shape index (κ1) is 15.9. The molecule has 0 bridgehead atoms. The second-order valence-corrected chi connectivity index (χ2v) is 5.85. The molecule has 0 saturated carbocycles. The molecule has 112 valence electrons. The molecule has 0 aromatic heterocycles. The Morgan fingerprint density at radius 1 is 1.45 bits per heavy atom. The van der Waals surface area contributed by atoms with Crippen LogP contribution in [-0.4, -0.2) is 26.4 Å². The lowest BCUT2D eigenvalue weighted by Crippen LogP contribution is -2.08. The average molecular weight is 364 g/mol. The van der Waals surface area contributed by atoms with Crippen molar-refractivity contribution < 1.29 is 14.2 Å². The molecule has 0 radical (unpaired) electrons. The number of methoxy groups -OCH3 is 1. The van der Waals surface area contributed by atoms with Gasteiger partial charge >= 0.3 is 0 Å². The Morgan fingerprint density at radius 2 is 2.30 bits per heavy atom. The van der Waals surface area contributed by atoms with E-state index in [-0.39, 0.29) is 0 Å². The molecular formula is C15H20BrClO3. The average Bonchev–Trinajstić information content (AvgIpc) is 2.97. The molecule has 1 unspecified atom stereocenters. The van der Waals surface area contributed by atoms with Gasteiger partial charge in [0.05, 0.1) is 19.8 Å². The van der Waals surface area contributed by atoms with Gasteiger partial charge in [0.15, 0.2) is 11.5 Å². The molecule has 1 saturated heterocycles. The van der Waals surface area contributed by atoms with E-state index in [1.165, 1.54) is 12.8 Å². The maximum atomic E-state index is 6.05. The summed E-state index contributed by atoms with van der Waals surface area (Å²) in [7, 11) is 1.63. The summed E-state index contributed by atoms with van der Waals surface area (Å²) >= 11 is 9.51. The first-order chi connectivity index (χ1) is 9.74. The van der Waals surface area contributed by atoms with Gasteiger partial charge in [0.2, 0.25) is 0 Å². The predicted octanol–water partition coefficient (Wildman–Crippen LogP) is 4.58. The number of halogens is 2. The van der Waals surface area contributed by atoms with Gasteiger partial charge in [0.1, 0.15) is 0 Å². The van der Waals surface area contributed by atoms with Crippen LogP contribution in [0, 0.1) is 0 Å². The maximum absolute atomic E-state index is 6.05. The van der Waals surface area contributed by atoms with Crippen LogP contribution in [0.5, 0.6) is 11.5 Å². The molecule has 0 aliphatic carbocycles. The molecule has 1 fully saturated rings. The van der Waals surface area contributed by atoms with E-state index in [2.05, 4.69) is 15.9 Å². The SMILES string of the molecule is COc1cc(Cl)cc(CBr)c1OCCCC1CCCO1. The molecule has 20 heavy (non-hydrogen) atoms. The molecule has 0 N–H and O–H groups in total. The van der Waals surface area contributed by atoms with Crippen LogP contribution >= 0.6 is 27.5 Å². The highest BCUT2D eigenvalue weighted by molar-refractivity contribution is 9.08. The zero-order chi connectivity index (χ0) is 14.4. The fourth-order valence-corrected chi connectivity index (χ4v) is 3.04. The summed E-state index contributed by atoms with van der Waals surface area (Å²) in [6.45, 7) is 1.57. The molecule has 2 rings (SSSR count). The molecule has 3 nitrogen and oxygen atoms in total. The van der Waals surface area contributed by atoms with E-state index in [9.17, 15) is 0 Å². The van der Waals surface area contributed by atoms with Crippen molar-refractivity contribution in [2.45, 2.75) is 37.1 Å². The van der Waals surface area contributed by atoms with Crippen LogP contribution in [0.3, 0.4) is 0 Å². The second kappa shape index (κ2) is 8.11. The third-order valence-electron chi connectivity index (χ3n) is 3.40. The lowest BCUT2D eigenvalue weighted by atomic mass is 10.1. The maximum Gasteiger partial charge on any atom is 0.165 e.